The van der Waals surface area contributed by atoms with Crippen molar-refractivity contribution >= 4 is 28.3 Å². The van der Waals surface area contributed by atoms with Crippen LogP contribution in [0.4, 0.5) is 11.5 Å². The maximum absolute atomic E-state index is 12.9. The molecule has 1 aromatic carbocycles. The summed E-state index contributed by atoms with van der Waals surface area (Å²) in [4.78, 5) is 32.2. The molecule has 0 aliphatic rings. The largest absolute Gasteiger partial charge is 0.359 e. The maximum Gasteiger partial charge on any atom is 0.274 e. The monoisotopic (exact) mass is 398 g/mol. The average Bonchev–Trinajstić information content (AvgIpc) is 2.78. The zero-order valence-electron chi connectivity index (χ0n) is 16.9. The lowest BCUT2D eigenvalue weighted by atomic mass is 10.2. The second-order valence-electron chi connectivity index (χ2n) is 7.02. The molecule has 0 radical (unpaired) electrons. The molecule has 0 bridgehead atoms. The molecule has 0 aliphatic heterocycles. The Kier molecular flexibility index (Phi) is 5.61. The summed E-state index contributed by atoms with van der Waals surface area (Å²) in [6.45, 7) is 2.55. The van der Waals surface area contributed by atoms with Crippen molar-refractivity contribution in [2.24, 2.45) is 0 Å². The number of nitrogens with zero attached hydrogens (tertiary/aromatic N) is 5. The van der Waals surface area contributed by atoms with E-state index in [1.165, 1.54) is 5.56 Å². The topological polar surface area (TPSA) is 83.9 Å². The van der Waals surface area contributed by atoms with Gasteiger partial charge in [-0.2, -0.15) is 0 Å². The number of aryl methyl sites for hydroxylation is 1. The standard InChI is InChI=1S/C23H22N6O/c1-16-26-20(15-21(27-16)29(2)14-10-17-8-12-24-13-9-17)23(30)28-19-7-3-5-18-6-4-11-25-22(18)19/h3-9,11-13,15H,10,14H2,1-2H3,(H,28,30). The number of nitrogens with one attached hydrogen (secondary N) is 1. The first-order chi connectivity index (χ1) is 14.6. The van der Waals surface area contributed by atoms with Crippen molar-refractivity contribution in [2.75, 3.05) is 23.8 Å². The minimum Gasteiger partial charge on any atom is -0.359 e. The van der Waals surface area contributed by atoms with Crippen LogP contribution in [0.25, 0.3) is 10.9 Å². The summed E-state index contributed by atoms with van der Waals surface area (Å²) in [5, 5.41) is 3.90. The SMILES string of the molecule is Cc1nc(C(=O)Nc2cccc3cccnc23)cc(N(C)CCc2ccncc2)n1. The molecule has 7 heteroatoms. The van der Waals surface area contributed by atoms with Crippen molar-refractivity contribution in [3.8, 4) is 0 Å². The van der Waals surface area contributed by atoms with E-state index in [0.717, 1.165) is 23.9 Å². The summed E-state index contributed by atoms with van der Waals surface area (Å²) >= 11 is 0. The highest BCUT2D eigenvalue weighted by atomic mass is 16.1. The van der Waals surface area contributed by atoms with Gasteiger partial charge in [0.05, 0.1) is 11.2 Å². The molecule has 1 amide bonds. The van der Waals surface area contributed by atoms with Crippen LogP contribution in [0.5, 0.6) is 0 Å². The molecule has 0 unspecified atom stereocenters. The fourth-order valence-corrected chi connectivity index (χ4v) is 3.22. The molecule has 1 N–H and O–H groups in total. The number of amides is 1. The van der Waals surface area contributed by atoms with Gasteiger partial charge in [0.15, 0.2) is 0 Å². The van der Waals surface area contributed by atoms with Crippen LogP contribution in [0, 0.1) is 6.92 Å². The van der Waals surface area contributed by atoms with Gasteiger partial charge in [-0.1, -0.05) is 18.2 Å². The highest BCUT2D eigenvalue weighted by Crippen LogP contribution is 2.21. The fourth-order valence-electron chi connectivity index (χ4n) is 3.22. The highest BCUT2D eigenvalue weighted by Gasteiger charge is 2.14. The summed E-state index contributed by atoms with van der Waals surface area (Å²) in [5.41, 5.74) is 2.92. The summed E-state index contributed by atoms with van der Waals surface area (Å²) in [6.07, 6.45) is 6.14. The smallest absolute Gasteiger partial charge is 0.274 e. The quantitative estimate of drug-likeness (QED) is 0.534. The molecule has 4 rings (SSSR count). The van der Waals surface area contributed by atoms with E-state index in [2.05, 4.69) is 25.3 Å². The van der Waals surface area contributed by atoms with Crippen molar-refractivity contribution in [1.82, 2.24) is 19.9 Å². The Labute approximate surface area is 174 Å². The van der Waals surface area contributed by atoms with Gasteiger partial charge < -0.3 is 10.2 Å². The first-order valence-electron chi connectivity index (χ1n) is 9.71. The highest BCUT2D eigenvalue weighted by molar-refractivity contribution is 6.07. The molecule has 0 atom stereocenters. The molecule has 7 nitrogen and oxygen atoms in total. The van der Waals surface area contributed by atoms with Crippen molar-refractivity contribution < 1.29 is 4.79 Å². The summed E-state index contributed by atoms with van der Waals surface area (Å²) in [6, 6.07) is 15.2. The van der Waals surface area contributed by atoms with E-state index in [-0.39, 0.29) is 5.91 Å². The third-order valence-electron chi connectivity index (χ3n) is 4.81. The van der Waals surface area contributed by atoms with Crippen LogP contribution >= 0.6 is 0 Å². The van der Waals surface area contributed by atoms with Crippen LogP contribution in [-0.4, -0.2) is 39.4 Å². The first-order valence-corrected chi connectivity index (χ1v) is 9.71. The Morgan fingerprint density at radius 1 is 1.03 bits per heavy atom. The second-order valence-corrected chi connectivity index (χ2v) is 7.02. The Hall–Kier alpha value is -3.87. The number of carbonyl (C=O) groups excluding carboxylic acids is 1. The van der Waals surface area contributed by atoms with Gasteiger partial charge in [0.1, 0.15) is 17.3 Å². The molecule has 30 heavy (non-hydrogen) atoms. The maximum atomic E-state index is 12.9. The molecular weight excluding hydrogens is 376 g/mol. The number of carbonyl (C=O) groups is 1. The number of fused-ring (bicyclic) bond motifs is 1. The molecule has 4 aromatic rings. The number of anilines is 2. The average molecular weight is 398 g/mol. The van der Waals surface area contributed by atoms with E-state index in [1.54, 1.807) is 31.6 Å². The number of hydrogen-bond donors (Lipinski definition) is 1. The molecular formula is C23H22N6O. The van der Waals surface area contributed by atoms with Gasteiger partial charge in [0.2, 0.25) is 0 Å². The predicted molar refractivity (Wildman–Crippen MR) is 118 cm³/mol. The van der Waals surface area contributed by atoms with E-state index in [0.29, 0.717) is 23.0 Å². The molecule has 0 aliphatic carbocycles. The third-order valence-corrected chi connectivity index (χ3v) is 4.81. The van der Waals surface area contributed by atoms with Gasteiger partial charge >= 0.3 is 0 Å². The van der Waals surface area contributed by atoms with Crippen molar-refractivity contribution in [2.45, 2.75) is 13.3 Å². The lowest BCUT2D eigenvalue weighted by Gasteiger charge is -2.19. The van der Waals surface area contributed by atoms with E-state index >= 15 is 0 Å². The van der Waals surface area contributed by atoms with E-state index in [4.69, 9.17) is 0 Å². The van der Waals surface area contributed by atoms with Crippen LogP contribution < -0.4 is 10.2 Å². The Morgan fingerprint density at radius 2 is 1.83 bits per heavy atom. The van der Waals surface area contributed by atoms with Crippen LogP contribution in [0.3, 0.4) is 0 Å². The minimum atomic E-state index is -0.289. The molecule has 0 saturated carbocycles. The van der Waals surface area contributed by atoms with Crippen molar-refractivity contribution in [1.29, 1.82) is 0 Å². The second kappa shape index (κ2) is 8.65. The molecule has 0 saturated heterocycles. The van der Waals surface area contributed by atoms with Crippen molar-refractivity contribution in [3.63, 3.8) is 0 Å². The van der Waals surface area contributed by atoms with Crippen molar-refractivity contribution in [3.05, 3.63) is 84.2 Å². The summed E-state index contributed by atoms with van der Waals surface area (Å²) < 4.78 is 0. The number of rotatable bonds is 6. The van der Waals surface area contributed by atoms with E-state index < -0.39 is 0 Å². The first kappa shape index (κ1) is 19.4. The van der Waals surface area contributed by atoms with Crippen LogP contribution in [0.15, 0.2) is 67.1 Å². The fraction of sp³-hybridized carbons (Fsp3) is 0.174. The lowest BCUT2D eigenvalue weighted by Crippen LogP contribution is -2.23. The van der Waals surface area contributed by atoms with Crippen LogP contribution in [0.2, 0.25) is 0 Å². The summed E-state index contributed by atoms with van der Waals surface area (Å²) in [5.74, 6) is 0.963. The zero-order chi connectivity index (χ0) is 20.9. The van der Waals surface area contributed by atoms with Gasteiger partial charge in [0, 0.05) is 43.6 Å². The normalized spacial score (nSPS) is 10.7. The Balaban J connectivity index is 1.52. The predicted octanol–water partition coefficient (Wildman–Crippen LogP) is 3.66. The van der Waals surface area contributed by atoms with Crippen LogP contribution in [0.1, 0.15) is 21.9 Å². The van der Waals surface area contributed by atoms with Gasteiger partial charge in [-0.15, -0.1) is 0 Å². The lowest BCUT2D eigenvalue weighted by molar-refractivity contribution is 0.102. The number of hydrogen-bond acceptors (Lipinski definition) is 6. The van der Waals surface area contributed by atoms with Gasteiger partial charge in [0.25, 0.3) is 5.91 Å². The third kappa shape index (κ3) is 4.41. The summed E-state index contributed by atoms with van der Waals surface area (Å²) in [7, 11) is 1.96. The van der Waals surface area contributed by atoms with E-state index in [9.17, 15) is 4.79 Å². The minimum absolute atomic E-state index is 0.289. The number of para-hydroxylation sites is 1. The molecule has 0 spiro atoms. The molecule has 0 fully saturated rings. The molecule has 3 aromatic heterocycles. The number of aromatic nitrogens is 4. The number of benzene rings is 1. The number of likely N-dealkylation sites (N-methyl/N-ethyl adjacent to an activating group) is 1. The van der Waals surface area contributed by atoms with E-state index in [1.807, 2.05) is 54.4 Å². The van der Waals surface area contributed by atoms with Crippen LogP contribution in [-0.2, 0) is 6.42 Å². The number of pyridine rings is 2. The Morgan fingerprint density at radius 3 is 2.67 bits per heavy atom. The molecule has 150 valence electrons. The Bertz CT molecular complexity index is 1170. The van der Waals surface area contributed by atoms with Gasteiger partial charge in [-0.05, 0) is 43.2 Å². The zero-order valence-corrected chi connectivity index (χ0v) is 16.9. The van der Waals surface area contributed by atoms with Gasteiger partial charge in [-0.3, -0.25) is 14.8 Å². The van der Waals surface area contributed by atoms with Gasteiger partial charge in [-0.25, -0.2) is 9.97 Å². The molecule has 3 heterocycles.